The Kier molecular flexibility index (Phi) is 4.55. The first-order valence-corrected chi connectivity index (χ1v) is 8.88. The Balaban J connectivity index is 1.66. The zero-order valence-electron chi connectivity index (χ0n) is 15.0. The van der Waals surface area contributed by atoms with Gasteiger partial charge in [0.05, 0.1) is 24.7 Å². The topological polar surface area (TPSA) is 76.9 Å². The summed E-state index contributed by atoms with van der Waals surface area (Å²) in [6.45, 7) is 4.72. The van der Waals surface area contributed by atoms with Crippen molar-refractivity contribution in [2.45, 2.75) is 20.4 Å². The minimum Gasteiger partial charge on any atom is -0.461 e. The first-order valence-electron chi connectivity index (χ1n) is 8.47. The molecule has 1 aromatic carbocycles. The van der Waals surface area contributed by atoms with Gasteiger partial charge in [0, 0.05) is 11.3 Å². The maximum atomic E-state index is 5.40. The first-order chi connectivity index (χ1) is 13.1. The van der Waals surface area contributed by atoms with Gasteiger partial charge < -0.3 is 4.42 Å². The molecule has 27 heavy (non-hydrogen) atoms. The van der Waals surface area contributed by atoms with E-state index in [1.807, 2.05) is 42.8 Å². The fourth-order valence-corrected chi connectivity index (χ4v) is 3.07. The largest absolute Gasteiger partial charge is 0.461 e. The van der Waals surface area contributed by atoms with Crippen LogP contribution in [-0.2, 0) is 6.54 Å². The normalized spacial score (nSPS) is 11.5. The van der Waals surface area contributed by atoms with Crippen LogP contribution < -0.4 is 0 Å². The Bertz CT molecular complexity index is 1140. The van der Waals surface area contributed by atoms with Crippen LogP contribution in [0.3, 0.4) is 0 Å². The zero-order chi connectivity index (χ0) is 18.8. The molecule has 0 amide bonds. The standard InChI is InChI=1S/C19H18N6OS/c1-13-16(14(2)24(23-13)12-15-7-4-3-5-8-15)11-20-25-18(21-22-19(25)27)17-9-6-10-26-17/h3-11H,12H2,1-2H3,(H,22,27)/b20-11+. The summed E-state index contributed by atoms with van der Waals surface area (Å²) in [5.74, 6) is 1.11. The van der Waals surface area contributed by atoms with Crippen molar-refractivity contribution in [1.29, 1.82) is 0 Å². The molecule has 0 aliphatic heterocycles. The summed E-state index contributed by atoms with van der Waals surface area (Å²) in [6, 6.07) is 13.8. The molecule has 0 radical (unpaired) electrons. The van der Waals surface area contributed by atoms with Crippen LogP contribution in [0.25, 0.3) is 11.6 Å². The molecule has 0 saturated heterocycles. The molecule has 136 valence electrons. The summed E-state index contributed by atoms with van der Waals surface area (Å²) in [5, 5.41) is 16.1. The van der Waals surface area contributed by atoms with E-state index in [0.29, 0.717) is 22.9 Å². The van der Waals surface area contributed by atoms with E-state index in [-0.39, 0.29) is 0 Å². The summed E-state index contributed by atoms with van der Waals surface area (Å²) in [4.78, 5) is 0. The van der Waals surface area contributed by atoms with Gasteiger partial charge in [-0.25, -0.2) is 5.10 Å². The lowest BCUT2D eigenvalue weighted by Crippen LogP contribution is -2.04. The van der Waals surface area contributed by atoms with Gasteiger partial charge in [-0.15, -0.1) is 5.10 Å². The molecule has 4 rings (SSSR count). The van der Waals surface area contributed by atoms with Crippen LogP contribution in [0, 0.1) is 18.6 Å². The molecule has 3 heterocycles. The lowest BCUT2D eigenvalue weighted by Gasteiger charge is -2.04. The second-order valence-electron chi connectivity index (χ2n) is 6.11. The molecule has 7 nitrogen and oxygen atoms in total. The maximum Gasteiger partial charge on any atom is 0.219 e. The van der Waals surface area contributed by atoms with Crippen molar-refractivity contribution in [3.8, 4) is 11.6 Å². The van der Waals surface area contributed by atoms with Crippen molar-refractivity contribution in [2.24, 2.45) is 5.10 Å². The Morgan fingerprint density at radius 3 is 2.74 bits per heavy atom. The van der Waals surface area contributed by atoms with Gasteiger partial charge in [-0.1, -0.05) is 30.3 Å². The van der Waals surface area contributed by atoms with Crippen LogP contribution in [0.1, 0.15) is 22.5 Å². The summed E-state index contributed by atoms with van der Waals surface area (Å²) in [7, 11) is 0. The Hall–Kier alpha value is -3.26. The number of aromatic amines is 1. The zero-order valence-corrected chi connectivity index (χ0v) is 15.8. The molecule has 1 N–H and O–H groups in total. The molecule has 0 bridgehead atoms. The van der Waals surface area contributed by atoms with Crippen LogP contribution in [0.2, 0.25) is 0 Å². The van der Waals surface area contributed by atoms with Gasteiger partial charge >= 0.3 is 0 Å². The van der Waals surface area contributed by atoms with Crippen LogP contribution in [0.15, 0.2) is 58.2 Å². The molecule has 0 spiro atoms. The van der Waals surface area contributed by atoms with Crippen LogP contribution in [-0.4, -0.2) is 30.9 Å². The van der Waals surface area contributed by atoms with E-state index in [1.165, 1.54) is 5.56 Å². The molecule has 0 saturated carbocycles. The Labute approximate surface area is 161 Å². The van der Waals surface area contributed by atoms with E-state index in [4.69, 9.17) is 16.6 Å². The number of benzene rings is 1. The van der Waals surface area contributed by atoms with Crippen molar-refractivity contribution in [1.82, 2.24) is 24.7 Å². The third-order valence-corrected chi connectivity index (χ3v) is 4.57. The molecular formula is C19H18N6OS. The summed E-state index contributed by atoms with van der Waals surface area (Å²) < 4.78 is 9.32. The Morgan fingerprint density at radius 1 is 1.19 bits per heavy atom. The molecule has 0 unspecified atom stereocenters. The highest BCUT2D eigenvalue weighted by Gasteiger charge is 2.13. The molecule has 4 aromatic rings. The van der Waals surface area contributed by atoms with E-state index < -0.39 is 0 Å². The van der Waals surface area contributed by atoms with E-state index in [9.17, 15) is 0 Å². The van der Waals surface area contributed by atoms with E-state index in [0.717, 1.165) is 17.0 Å². The summed E-state index contributed by atoms with van der Waals surface area (Å²) >= 11 is 5.29. The number of nitrogens with zero attached hydrogens (tertiary/aromatic N) is 5. The highest BCUT2D eigenvalue weighted by atomic mass is 32.1. The van der Waals surface area contributed by atoms with Gasteiger partial charge in [-0.05, 0) is 43.8 Å². The second-order valence-corrected chi connectivity index (χ2v) is 6.50. The fourth-order valence-electron chi connectivity index (χ4n) is 2.89. The third-order valence-electron chi connectivity index (χ3n) is 4.31. The van der Waals surface area contributed by atoms with Gasteiger partial charge in [0.1, 0.15) is 0 Å². The average molecular weight is 378 g/mol. The van der Waals surface area contributed by atoms with Crippen molar-refractivity contribution in [3.63, 3.8) is 0 Å². The third kappa shape index (κ3) is 3.39. The summed E-state index contributed by atoms with van der Waals surface area (Å²) in [5.41, 5.74) is 4.10. The van der Waals surface area contributed by atoms with Crippen molar-refractivity contribution in [3.05, 3.63) is 76.0 Å². The molecule has 3 aromatic heterocycles. The number of aromatic nitrogens is 5. The van der Waals surface area contributed by atoms with Crippen LogP contribution >= 0.6 is 12.2 Å². The predicted molar refractivity (Wildman–Crippen MR) is 105 cm³/mol. The van der Waals surface area contributed by atoms with Gasteiger partial charge in [-0.3, -0.25) is 4.68 Å². The second kappa shape index (κ2) is 7.16. The molecule has 0 aliphatic carbocycles. The average Bonchev–Trinajstić information content (AvgIpc) is 3.37. The van der Waals surface area contributed by atoms with Crippen LogP contribution in [0.5, 0.6) is 0 Å². The van der Waals surface area contributed by atoms with Crippen molar-refractivity contribution in [2.75, 3.05) is 0 Å². The number of hydrogen-bond acceptors (Lipinski definition) is 5. The van der Waals surface area contributed by atoms with Crippen molar-refractivity contribution < 1.29 is 4.42 Å². The lowest BCUT2D eigenvalue weighted by molar-refractivity contribution is 0.573. The molecule has 0 fully saturated rings. The van der Waals surface area contributed by atoms with Gasteiger partial charge in [0.25, 0.3) is 0 Å². The smallest absolute Gasteiger partial charge is 0.219 e. The van der Waals surface area contributed by atoms with E-state index >= 15 is 0 Å². The number of H-pyrrole nitrogens is 1. The van der Waals surface area contributed by atoms with E-state index in [2.05, 4.69) is 32.5 Å². The number of rotatable bonds is 5. The summed E-state index contributed by atoms with van der Waals surface area (Å²) in [6.07, 6.45) is 3.35. The number of aryl methyl sites for hydroxylation is 1. The van der Waals surface area contributed by atoms with E-state index in [1.54, 1.807) is 23.2 Å². The number of hydrogen-bond donors (Lipinski definition) is 1. The van der Waals surface area contributed by atoms with Gasteiger partial charge in [-0.2, -0.15) is 14.9 Å². The fraction of sp³-hybridized carbons (Fsp3) is 0.158. The maximum absolute atomic E-state index is 5.40. The highest BCUT2D eigenvalue weighted by molar-refractivity contribution is 7.71. The lowest BCUT2D eigenvalue weighted by atomic mass is 10.2. The Morgan fingerprint density at radius 2 is 2.00 bits per heavy atom. The minimum atomic E-state index is 0.393. The van der Waals surface area contributed by atoms with Gasteiger partial charge in [0.15, 0.2) is 5.76 Å². The van der Waals surface area contributed by atoms with Crippen molar-refractivity contribution >= 4 is 18.4 Å². The molecule has 0 atom stereocenters. The molecular weight excluding hydrogens is 360 g/mol. The molecule has 8 heteroatoms. The SMILES string of the molecule is Cc1nn(Cc2ccccc2)c(C)c1/C=N/n1c(-c2ccco2)n[nH]c1=S. The number of nitrogens with one attached hydrogen (secondary N) is 1. The molecule has 0 aliphatic rings. The quantitative estimate of drug-likeness (QED) is 0.421. The minimum absolute atomic E-state index is 0.393. The predicted octanol–water partition coefficient (Wildman–Crippen LogP) is 3.94. The monoisotopic (exact) mass is 378 g/mol. The van der Waals surface area contributed by atoms with Gasteiger partial charge in [0.2, 0.25) is 10.6 Å². The van der Waals surface area contributed by atoms with Crippen LogP contribution in [0.4, 0.5) is 0 Å². The first kappa shape index (κ1) is 17.2. The number of furan rings is 1. The highest BCUT2D eigenvalue weighted by Crippen LogP contribution is 2.18.